The maximum atomic E-state index is 11.7. The van der Waals surface area contributed by atoms with Crippen molar-refractivity contribution in [2.45, 2.75) is 6.18 Å². The van der Waals surface area contributed by atoms with Crippen LogP contribution < -0.4 is 5.43 Å². The molecule has 0 radical (unpaired) electrons. The number of carbonyl (C=O) groups excluding carboxylic acids is 1. The molecule has 1 aromatic rings. The third-order valence-electron chi connectivity index (χ3n) is 1.41. The SMILES string of the molecule is O=C(N/N=C/c1ccc([N+](=O)[O-])s1)C(F)(F)F. The number of nitro groups is 1. The minimum atomic E-state index is -5.02. The van der Waals surface area contributed by atoms with Crippen LogP contribution in [0.4, 0.5) is 18.2 Å². The standard InChI is InChI=1S/C7H4F3N3O3S/c8-7(9,10)6(14)12-11-3-4-1-2-5(17-4)13(15)16/h1-3H,(H,12,14)/b11-3+. The number of hydrogen-bond donors (Lipinski definition) is 1. The van der Waals surface area contributed by atoms with Crippen molar-refractivity contribution >= 4 is 28.5 Å². The van der Waals surface area contributed by atoms with Crippen LogP contribution in [0.25, 0.3) is 0 Å². The molecule has 1 amide bonds. The first-order valence-corrected chi connectivity index (χ1v) is 4.77. The second-order valence-corrected chi connectivity index (χ2v) is 3.72. The lowest BCUT2D eigenvalue weighted by atomic mass is 10.5. The van der Waals surface area contributed by atoms with Gasteiger partial charge in [0.2, 0.25) is 0 Å². The molecule has 0 aliphatic heterocycles. The Labute approximate surface area is 95.9 Å². The van der Waals surface area contributed by atoms with Crippen molar-refractivity contribution in [1.82, 2.24) is 5.43 Å². The molecule has 1 rings (SSSR count). The normalized spacial score (nSPS) is 11.7. The molecule has 1 N–H and O–H groups in total. The van der Waals surface area contributed by atoms with Crippen LogP contribution in [0, 0.1) is 10.1 Å². The minimum Gasteiger partial charge on any atom is -0.263 e. The average molecular weight is 267 g/mol. The highest BCUT2D eigenvalue weighted by molar-refractivity contribution is 7.16. The van der Waals surface area contributed by atoms with Crippen LogP contribution in [0.15, 0.2) is 17.2 Å². The number of hydrogen-bond acceptors (Lipinski definition) is 5. The summed E-state index contributed by atoms with van der Waals surface area (Å²) in [7, 11) is 0. The van der Waals surface area contributed by atoms with Crippen molar-refractivity contribution in [3.63, 3.8) is 0 Å². The van der Waals surface area contributed by atoms with Crippen molar-refractivity contribution in [3.8, 4) is 0 Å². The number of amides is 1. The van der Waals surface area contributed by atoms with Gasteiger partial charge >= 0.3 is 17.1 Å². The number of alkyl halides is 3. The van der Waals surface area contributed by atoms with Crippen molar-refractivity contribution in [1.29, 1.82) is 0 Å². The van der Waals surface area contributed by atoms with Crippen LogP contribution in [0.2, 0.25) is 0 Å². The van der Waals surface area contributed by atoms with E-state index in [0.29, 0.717) is 0 Å². The first-order valence-electron chi connectivity index (χ1n) is 3.95. The monoisotopic (exact) mass is 267 g/mol. The number of nitrogens with one attached hydrogen (secondary N) is 1. The van der Waals surface area contributed by atoms with E-state index in [2.05, 4.69) is 5.10 Å². The average Bonchev–Trinajstić information content (AvgIpc) is 2.64. The van der Waals surface area contributed by atoms with Gasteiger partial charge in [-0.2, -0.15) is 18.3 Å². The van der Waals surface area contributed by atoms with Gasteiger partial charge in [-0.25, -0.2) is 5.43 Å². The molecule has 0 fully saturated rings. The largest absolute Gasteiger partial charge is 0.473 e. The van der Waals surface area contributed by atoms with Crippen molar-refractivity contribution < 1.29 is 22.9 Å². The summed E-state index contributed by atoms with van der Waals surface area (Å²) in [4.78, 5) is 20.2. The Balaban J connectivity index is 2.60. The lowest BCUT2D eigenvalue weighted by Crippen LogP contribution is -2.33. The molecule has 0 saturated heterocycles. The number of nitrogens with zero attached hydrogens (tertiary/aromatic N) is 2. The third kappa shape index (κ3) is 3.83. The second kappa shape index (κ2) is 4.91. The highest BCUT2D eigenvalue weighted by Gasteiger charge is 2.38. The Hall–Kier alpha value is -1.97. The molecule has 0 bridgehead atoms. The van der Waals surface area contributed by atoms with Gasteiger partial charge in [-0.3, -0.25) is 14.9 Å². The predicted molar refractivity (Wildman–Crippen MR) is 52.8 cm³/mol. The van der Waals surface area contributed by atoms with Gasteiger partial charge in [0.15, 0.2) is 0 Å². The van der Waals surface area contributed by atoms with Gasteiger partial charge in [0.05, 0.1) is 16.0 Å². The Kier molecular flexibility index (Phi) is 3.78. The van der Waals surface area contributed by atoms with Crippen molar-refractivity contribution in [3.05, 3.63) is 27.1 Å². The Morgan fingerprint density at radius 3 is 2.65 bits per heavy atom. The van der Waals surface area contributed by atoms with Gasteiger partial charge in [-0.1, -0.05) is 11.3 Å². The van der Waals surface area contributed by atoms with E-state index in [0.717, 1.165) is 17.6 Å². The molecule has 17 heavy (non-hydrogen) atoms. The number of halogens is 3. The quantitative estimate of drug-likeness (QED) is 0.513. The van der Waals surface area contributed by atoms with Crippen LogP contribution in [0.1, 0.15) is 4.88 Å². The van der Waals surface area contributed by atoms with Gasteiger partial charge < -0.3 is 0 Å². The lowest BCUT2D eigenvalue weighted by molar-refractivity contribution is -0.380. The van der Waals surface area contributed by atoms with E-state index in [1.54, 1.807) is 0 Å². The molecule has 0 aliphatic carbocycles. The van der Waals surface area contributed by atoms with Crippen molar-refractivity contribution in [2.24, 2.45) is 5.10 Å². The predicted octanol–water partition coefficient (Wildman–Crippen LogP) is 1.67. The summed E-state index contributed by atoms with van der Waals surface area (Å²) < 4.78 is 35.1. The zero-order valence-electron chi connectivity index (χ0n) is 7.89. The molecule has 0 aromatic carbocycles. The number of carbonyl (C=O) groups is 1. The number of rotatable bonds is 3. The van der Waals surface area contributed by atoms with Gasteiger partial charge in [0.25, 0.3) is 0 Å². The summed E-state index contributed by atoms with van der Waals surface area (Å²) >= 11 is 0.719. The number of hydrazone groups is 1. The molecule has 0 spiro atoms. The van der Waals surface area contributed by atoms with E-state index in [-0.39, 0.29) is 9.88 Å². The molecular formula is C7H4F3N3O3S. The van der Waals surface area contributed by atoms with E-state index in [4.69, 9.17) is 0 Å². The Morgan fingerprint density at radius 1 is 1.53 bits per heavy atom. The van der Waals surface area contributed by atoms with E-state index in [9.17, 15) is 28.1 Å². The summed E-state index contributed by atoms with van der Waals surface area (Å²) in [6.45, 7) is 0. The molecular weight excluding hydrogens is 263 g/mol. The maximum Gasteiger partial charge on any atom is 0.473 e. The molecule has 1 heterocycles. The maximum absolute atomic E-state index is 11.7. The van der Waals surface area contributed by atoms with Crippen molar-refractivity contribution in [2.75, 3.05) is 0 Å². The Bertz CT molecular complexity index is 468. The molecule has 0 unspecified atom stereocenters. The van der Waals surface area contributed by atoms with E-state index in [1.165, 1.54) is 17.6 Å². The fraction of sp³-hybridized carbons (Fsp3) is 0.143. The van der Waals surface area contributed by atoms with E-state index < -0.39 is 17.0 Å². The third-order valence-corrected chi connectivity index (χ3v) is 2.38. The summed E-state index contributed by atoms with van der Waals surface area (Å²) in [5, 5.41) is 13.1. The first-order chi connectivity index (χ1) is 7.80. The van der Waals surface area contributed by atoms with Crippen LogP contribution in [0.3, 0.4) is 0 Å². The molecule has 0 atom stereocenters. The van der Waals surface area contributed by atoms with Gasteiger partial charge in [-0.05, 0) is 6.07 Å². The molecule has 0 saturated carbocycles. The lowest BCUT2D eigenvalue weighted by Gasteiger charge is -2.01. The summed E-state index contributed by atoms with van der Waals surface area (Å²) in [6, 6.07) is 2.48. The van der Waals surface area contributed by atoms with Crippen LogP contribution in [0.5, 0.6) is 0 Å². The van der Waals surface area contributed by atoms with Gasteiger partial charge in [0, 0.05) is 6.07 Å². The zero-order chi connectivity index (χ0) is 13.1. The minimum absolute atomic E-state index is 0.173. The van der Waals surface area contributed by atoms with Crippen LogP contribution in [-0.2, 0) is 4.79 Å². The topological polar surface area (TPSA) is 84.6 Å². The molecule has 1 aromatic heterocycles. The highest BCUT2D eigenvalue weighted by atomic mass is 32.1. The van der Waals surface area contributed by atoms with E-state index in [1.807, 2.05) is 0 Å². The summed E-state index contributed by atoms with van der Waals surface area (Å²) in [5.41, 5.74) is 1.25. The van der Waals surface area contributed by atoms with Gasteiger partial charge in [0.1, 0.15) is 0 Å². The fourth-order valence-corrected chi connectivity index (χ4v) is 1.42. The molecule has 0 aliphatic rings. The second-order valence-electron chi connectivity index (χ2n) is 2.63. The molecule has 92 valence electrons. The zero-order valence-corrected chi connectivity index (χ0v) is 8.71. The number of thiophene rings is 1. The summed E-state index contributed by atoms with van der Waals surface area (Å²) in [6.07, 6.45) is -4.12. The first kappa shape index (κ1) is 13.1. The Morgan fingerprint density at radius 2 is 2.18 bits per heavy atom. The molecule has 6 nitrogen and oxygen atoms in total. The fourth-order valence-electron chi connectivity index (χ4n) is 0.728. The van der Waals surface area contributed by atoms with Crippen LogP contribution >= 0.6 is 11.3 Å². The van der Waals surface area contributed by atoms with Crippen LogP contribution in [-0.4, -0.2) is 23.2 Å². The smallest absolute Gasteiger partial charge is 0.263 e. The molecule has 10 heteroatoms. The van der Waals surface area contributed by atoms with E-state index >= 15 is 0 Å². The highest BCUT2D eigenvalue weighted by Crippen LogP contribution is 2.22. The summed E-state index contributed by atoms with van der Waals surface area (Å²) in [5.74, 6) is -2.21. The van der Waals surface area contributed by atoms with Gasteiger partial charge in [-0.15, -0.1) is 0 Å².